The lowest BCUT2D eigenvalue weighted by Gasteiger charge is -2.07. The summed E-state index contributed by atoms with van der Waals surface area (Å²) in [6.45, 7) is 0.265. The summed E-state index contributed by atoms with van der Waals surface area (Å²) < 4.78 is 1.42. The topological polar surface area (TPSA) is 87.1 Å². The van der Waals surface area contributed by atoms with Gasteiger partial charge in [0.15, 0.2) is 0 Å². The van der Waals surface area contributed by atoms with E-state index in [1.165, 1.54) is 4.68 Å². The second kappa shape index (κ2) is 4.79. The smallest absolute Gasteiger partial charge is 0.343 e. The zero-order chi connectivity index (χ0) is 13.1. The molecule has 94 valence electrons. The third kappa shape index (κ3) is 2.27. The first-order chi connectivity index (χ1) is 8.59. The van der Waals surface area contributed by atoms with Crippen molar-refractivity contribution in [2.75, 3.05) is 5.32 Å². The Bertz CT molecular complexity index is 613. The van der Waals surface area contributed by atoms with Crippen LogP contribution in [0.3, 0.4) is 0 Å². The van der Waals surface area contributed by atoms with Crippen molar-refractivity contribution in [1.29, 1.82) is 0 Å². The van der Waals surface area contributed by atoms with Gasteiger partial charge < -0.3 is 10.4 Å². The summed E-state index contributed by atoms with van der Waals surface area (Å²) >= 11 is 0. The van der Waals surface area contributed by atoms with Crippen molar-refractivity contribution >= 4 is 11.7 Å². The van der Waals surface area contributed by atoms with Gasteiger partial charge in [-0.1, -0.05) is 18.2 Å². The molecule has 0 saturated carbocycles. The predicted octanol–water partition coefficient (Wildman–Crippen LogP) is 1.02. The van der Waals surface area contributed by atoms with Crippen LogP contribution in [-0.4, -0.2) is 20.9 Å². The summed E-state index contributed by atoms with van der Waals surface area (Å²) in [5, 5.41) is 14.5. The zero-order valence-corrected chi connectivity index (χ0v) is 9.80. The van der Waals surface area contributed by atoms with E-state index in [0.29, 0.717) is 5.69 Å². The van der Waals surface area contributed by atoms with Crippen LogP contribution in [0.5, 0.6) is 0 Å². The van der Waals surface area contributed by atoms with Crippen LogP contribution in [0.2, 0.25) is 0 Å². The number of hydrogen-bond donors (Lipinski definition) is 3. The molecule has 0 saturated heterocycles. The van der Waals surface area contributed by atoms with Crippen molar-refractivity contribution in [3.8, 4) is 0 Å². The van der Waals surface area contributed by atoms with Crippen molar-refractivity contribution in [1.82, 2.24) is 9.78 Å². The second-order valence-electron chi connectivity index (χ2n) is 3.85. The molecule has 0 aliphatic carbocycles. The molecule has 18 heavy (non-hydrogen) atoms. The van der Waals surface area contributed by atoms with Crippen molar-refractivity contribution in [3.63, 3.8) is 0 Å². The minimum atomic E-state index is -1.22. The molecule has 2 aromatic rings. The third-order valence-electron chi connectivity index (χ3n) is 2.64. The summed E-state index contributed by atoms with van der Waals surface area (Å²) in [4.78, 5) is 22.4. The van der Waals surface area contributed by atoms with Gasteiger partial charge in [0.05, 0.1) is 12.2 Å². The second-order valence-corrected chi connectivity index (χ2v) is 3.85. The standard InChI is InChI=1S/C12H13N3O3/c1-15-9(10(12(17)18)11(16)14-15)7-13-8-5-3-2-4-6-8/h2-6,13H,7H2,1H3,(H,14,16)(H,17,18). The number of para-hydroxylation sites is 1. The van der Waals surface area contributed by atoms with E-state index in [0.717, 1.165) is 5.69 Å². The molecule has 6 nitrogen and oxygen atoms in total. The number of hydrogen-bond acceptors (Lipinski definition) is 3. The quantitative estimate of drug-likeness (QED) is 0.752. The van der Waals surface area contributed by atoms with Gasteiger partial charge in [0, 0.05) is 12.7 Å². The summed E-state index contributed by atoms with van der Waals surface area (Å²) in [6, 6.07) is 9.36. The highest BCUT2D eigenvalue weighted by molar-refractivity contribution is 5.88. The number of carboxylic acids is 1. The molecule has 2 rings (SSSR count). The molecule has 6 heteroatoms. The lowest BCUT2D eigenvalue weighted by atomic mass is 10.2. The number of anilines is 1. The van der Waals surface area contributed by atoms with Crippen LogP contribution in [0.1, 0.15) is 16.1 Å². The van der Waals surface area contributed by atoms with Gasteiger partial charge in [-0.3, -0.25) is 14.6 Å². The largest absolute Gasteiger partial charge is 0.477 e. The van der Waals surface area contributed by atoms with Crippen molar-refractivity contribution in [3.05, 3.63) is 51.9 Å². The molecule has 0 aliphatic rings. The maximum Gasteiger partial charge on any atom is 0.343 e. The monoisotopic (exact) mass is 247 g/mol. The van der Waals surface area contributed by atoms with Gasteiger partial charge in [0.2, 0.25) is 0 Å². The fourth-order valence-corrected chi connectivity index (χ4v) is 1.74. The Morgan fingerprint density at radius 2 is 2.06 bits per heavy atom. The first kappa shape index (κ1) is 12.0. The molecular formula is C12H13N3O3. The van der Waals surface area contributed by atoms with Crippen molar-refractivity contribution < 1.29 is 9.90 Å². The van der Waals surface area contributed by atoms with E-state index in [1.54, 1.807) is 7.05 Å². The van der Waals surface area contributed by atoms with Crippen LogP contribution in [0.15, 0.2) is 35.1 Å². The minimum Gasteiger partial charge on any atom is -0.477 e. The zero-order valence-electron chi connectivity index (χ0n) is 9.80. The van der Waals surface area contributed by atoms with E-state index >= 15 is 0 Å². The number of benzene rings is 1. The molecular weight excluding hydrogens is 234 g/mol. The van der Waals surface area contributed by atoms with Crippen LogP contribution >= 0.6 is 0 Å². The fourth-order valence-electron chi connectivity index (χ4n) is 1.74. The summed E-state index contributed by atoms with van der Waals surface area (Å²) in [5.41, 5.74) is 0.467. The maximum atomic E-state index is 11.4. The highest BCUT2D eigenvalue weighted by Gasteiger charge is 2.18. The molecule has 0 spiro atoms. The van der Waals surface area contributed by atoms with Crippen LogP contribution in [0, 0.1) is 0 Å². The van der Waals surface area contributed by atoms with Crippen molar-refractivity contribution in [2.45, 2.75) is 6.54 Å². The summed E-state index contributed by atoms with van der Waals surface area (Å²) in [7, 11) is 1.61. The van der Waals surface area contributed by atoms with Crippen molar-refractivity contribution in [2.24, 2.45) is 7.05 Å². The normalized spacial score (nSPS) is 10.3. The number of H-pyrrole nitrogens is 1. The van der Waals surface area contributed by atoms with Gasteiger partial charge in [-0.15, -0.1) is 0 Å². The summed E-state index contributed by atoms with van der Waals surface area (Å²) in [5.74, 6) is -1.22. The van der Waals surface area contributed by atoms with Gasteiger partial charge in [-0.05, 0) is 12.1 Å². The molecule has 0 aliphatic heterocycles. The number of aromatic carboxylic acids is 1. The molecule has 0 atom stereocenters. The fraction of sp³-hybridized carbons (Fsp3) is 0.167. The van der Waals surface area contributed by atoms with Crippen LogP contribution < -0.4 is 10.9 Å². The molecule has 0 amide bonds. The van der Waals surface area contributed by atoms with E-state index < -0.39 is 11.5 Å². The molecule has 1 aromatic heterocycles. The minimum absolute atomic E-state index is 0.221. The first-order valence-electron chi connectivity index (χ1n) is 5.39. The SMILES string of the molecule is Cn1[nH]c(=O)c(C(=O)O)c1CNc1ccccc1. The van der Waals surface area contributed by atoms with Gasteiger partial charge in [0.1, 0.15) is 5.56 Å². The summed E-state index contributed by atoms with van der Waals surface area (Å²) in [6.07, 6.45) is 0. The number of aromatic amines is 1. The molecule has 0 bridgehead atoms. The number of carbonyl (C=O) groups is 1. The Hall–Kier alpha value is -2.50. The molecule has 1 aromatic carbocycles. The van der Waals surface area contributed by atoms with Gasteiger partial charge in [-0.2, -0.15) is 0 Å². The molecule has 0 fully saturated rings. The maximum absolute atomic E-state index is 11.4. The van der Waals surface area contributed by atoms with Crippen LogP contribution in [0.4, 0.5) is 5.69 Å². The third-order valence-corrected chi connectivity index (χ3v) is 2.64. The first-order valence-corrected chi connectivity index (χ1v) is 5.39. The van der Waals surface area contributed by atoms with E-state index in [-0.39, 0.29) is 12.1 Å². The number of rotatable bonds is 4. The highest BCUT2D eigenvalue weighted by atomic mass is 16.4. The number of nitrogens with zero attached hydrogens (tertiary/aromatic N) is 1. The molecule has 0 unspecified atom stereocenters. The number of aromatic nitrogens is 2. The Morgan fingerprint density at radius 3 is 2.67 bits per heavy atom. The average molecular weight is 247 g/mol. The Balaban J connectivity index is 2.24. The Labute approximate surface area is 103 Å². The Morgan fingerprint density at radius 1 is 1.39 bits per heavy atom. The van der Waals surface area contributed by atoms with E-state index in [4.69, 9.17) is 5.11 Å². The van der Waals surface area contributed by atoms with E-state index in [9.17, 15) is 9.59 Å². The Kier molecular flexibility index (Phi) is 3.18. The van der Waals surface area contributed by atoms with Crippen LogP contribution in [-0.2, 0) is 13.6 Å². The number of carboxylic acid groups (broad SMARTS) is 1. The molecule has 3 N–H and O–H groups in total. The predicted molar refractivity (Wildman–Crippen MR) is 66.8 cm³/mol. The van der Waals surface area contributed by atoms with E-state index in [1.807, 2.05) is 30.3 Å². The lowest BCUT2D eigenvalue weighted by molar-refractivity contribution is 0.0694. The molecule has 1 heterocycles. The number of aryl methyl sites for hydroxylation is 1. The number of nitrogens with one attached hydrogen (secondary N) is 2. The lowest BCUT2D eigenvalue weighted by Crippen LogP contribution is -2.14. The average Bonchev–Trinajstić information content (AvgIpc) is 2.62. The van der Waals surface area contributed by atoms with Gasteiger partial charge in [0.25, 0.3) is 5.56 Å². The highest BCUT2D eigenvalue weighted by Crippen LogP contribution is 2.09. The molecule has 0 radical (unpaired) electrons. The van der Waals surface area contributed by atoms with Gasteiger partial charge >= 0.3 is 5.97 Å². The van der Waals surface area contributed by atoms with E-state index in [2.05, 4.69) is 10.4 Å². The van der Waals surface area contributed by atoms with Gasteiger partial charge in [-0.25, -0.2) is 4.79 Å². The van der Waals surface area contributed by atoms with Crippen LogP contribution in [0.25, 0.3) is 0 Å².